The third kappa shape index (κ3) is 2.56. The predicted molar refractivity (Wildman–Crippen MR) is 79.2 cm³/mol. The summed E-state index contributed by atoms with van der Waals surface area (Å²) in [6.07, 6.45) is -0.540. The van der Waals surface area contributed by atoms with Crippen molar-refractivity contribution < 1.29 is 19.4 Å². The summed E-state index contributed by atoms with van der Waals surface area (Å²) >= 11 is 4.36. The Morgan fingerprint density at radius 1 is 1.67 bits per heavy atom. The monoisotopic (exact) mass is 345 g/mol. The minimum Gasteiger partial charge on any atom is -0.477 e. The van der Waals surface area contributed by atoms with Gasteiger partial charge in [-0.2, -0.15) is 0 Å². The van der Waals surface area contributed by atoms with Crippen molar-refractivity contribution in [2.75, 3.05) is 18.6 Å². The molecule has 3 rings (SSSR count). The average Bonchev–Trinajstić information content (AvgIpc) is 2.97. The number of β-lactam (4-membered cyclic amide) rings is 1. The van der Waals surface area contributed by atoms with Gasteiger partial charge in [0, 0.05) is 18.6 Å². The largest absolute Gasteiger partial charge is 0.477 e. The fourth-order valence-electron chi connectivity index (χ4n) is 2.22. The van der Waals surface area contributed by atoms with Gasteiger partial charge in [0.15, 0.2) is 10.4 Å². The van der Waals surface area contributed by atoms with E-state index < -0.39 is 12.1 Å². The van der Waals surface area contributed by atoms with E-state index in [1.54, 1.807) is 5.51 Å². The zero-order valence-electron chi connectivity index (χ0n) is 10.9. The zero-order chi connectivity index (χ0) is 15.0. The number of carbonyl (C=O) groups excluding carboxylic acids is 1. The fraction of sp³-hybridized carbons (Fsp3) is 0.455. The van der Waals surface area contributed by atoms with Gasteiger partial charge in [-0.1, -0.05) is 23.1 Å². The second-order valence-corrected chi connectivity index (χ2v) is 7.48. The van der Waals surface area contributed by atoms with Gasteiger partial charge < -0.3 is 9.84 Å². The van der Waals surface area contributed by atoms with Crippen molar-refractivity contribution >= 4 is 46.7 Å². The molecule has 2 atom stereocenters. The molecular weight excluding hydrogens is 334 g/mol. The molecular formula is C11H11N3O4S3. The first kappa shape index (κ1) is 14.8. The lowest BCUT2D eigenvalue weighted by molar-refractivity contribution is -0.162. The maximum atomic E-state index is 12.0. The molecule has 1 N–H and O–H groups in total. The average molecular weight is 345 g/mol. The second kappa shape index (κ2) is 5.95. The molecule has 1 fully saturated rings. The van der Waals surface area contributed by atoms with E-state index in [0.29, 0.717) is 11.5 Å². The van der Waals surface area contributed by atoms with Crippen molar-refractivity contribution in [3.05, 3.63) is 16.8 Å². The molecule has 10 heteroatoms. The number of carboxylic acid groups (broad SMARTS) is 1. The maximum absolute atomic E-state index is 12.0. The van der Waals surface area contributed by atoms with Gasteiger partial charge in [0.2, 0.25) is 0 Å². The van der Waals surface area contributed by atoms with Crippen LogP contribution in [0.2, 0.25) is 0 Å². The number of hydrogen-bond acceptors (Lipinski definition) is 8. The van der Waals surface area contributed by atoms with Gasteiger partial charge in [-0.15, -0.1) is 22.0 Å². The summed E-state index contributed by atoms with van der Waals surface area (Å²) in [6.45, 7) is 0. The molecule has 1 aromatic rings. The van der Waals surface area contributed by atoms with Crippen molar-refractivity contribution in [2.45, 2.75) is 15.8 Å². The Labute approximate surface area is 132 Å². The first-order valence-electron chi connectivity index (χ1n) is 5.95. The Hall–Kier alpha value is -1.10. The number of rotatable bonds is 5. The van der Waals surface area contributed by atoms with Crippen LogP contribution in [-0.2, 0) is 14.3 Å². The van der Waals surface area contributed by atoms with E-state index in [-0.39, 0.29) is 17.0 Å². The van der Waals surface area contributed by atoms with Crippen molar-refractivity contribution in [3.8, 4) is 0 Å². The SMILES string of the molecule is CO[C@H]1C(=O)N2C(C(=O)O)=C(CSc3nncs3)CS[C@H]12. The fourth-order valence-corrected chi connectivity index (χ4v) is 5.22. The number of methoxy groups -OCH3 is 1. The van der Waals surface area contributed by atoms with Crippen LogP contribution in [0.4, 0.5) is 0 Å². The first-order chi connectivity index (χ1) is 10.1. The van der Waals surface area contributed by atoms with E-state index in [2.05, 4.69) is 10.2 Å². The van der Waals surface area contributed by atoms with Crippen molar-refractivity contribution in [2.24, 2.45) is 0 Å². The summed E-state index contributed by atoms with van der Waals surface area (Å²) in [5, 5.41) is 16.8. The molecule has 0 unspecified atom stereocenters. The predicted octanol–water partition coefficient (Wildman–Crippen LogP) is 0.899. The van der Waals surface area contributed by atoms with Crippen LogP contribution in [0.5, 0.6) is 0 Å². The third-order valence-electron chi connectivity index (χ3n) is 3.16. The number of carbonyl (C=O) groups is 2. The zero-order valence-corrected chi connectivity index (χ0v) is 13.3. The Bertz CT molecular complexity index is 604. The van der Waals surface area contributed by atoms with Crippen LogP contribution in [0.3, 0.4) is 0 Å². The van der Waals surface area contributed by atoms with Gasteiger partial charge in [0.05, 0.1) is 0 Å². The lowest BCUT2D eigenvalue weighted by Gasteiger charge is -2.48. The Morgan fingerprint density at radius 3 is 3.10 bits per heavy atom. The number of thioether (sulfide) groups is 2. The maximum Gasteiger partial charge on any atom is 0.352 e. The van der Waals surface area contributed by atoms with Crippen LogP contribution < -0.4 is 0 Å². The quantitative estimate of drug-likeness (QED) is 0.621. The molecule has 1 saturated heterocycles. The van der Waals surface area contributed by atoms with Crippen LogP contribution in [-0.4, -0.2) is 62.2 Å². The van der Waals surface area contributed by atoms with Crippen LogP contribution in [0, 0.1) is 0 Å². The van der Waals surface area contributed by atoms with E-state index in [9.17, 15) is 14.7 Å². The van der Waals surface area contributed by atoms with E-state index >= 15 is 0 Å². The lowest BCUT2D eigenvalue weighted by Crippen LogP contribution is -2.65. The minimum atomic E-state index is -1.07. The number of nitrogens with zero attached hydrogens (tertiary/aromatic N) is 3. The molecule has 1 amide bonds. The highest BCUT2D eigenvalue weighted by Crippen LogP contribution is 2.42. The van der Waals surface area contributed by atoms with Crippen molar-refractivity contribution in [1.29, 1.82) is 0 Å². The molecule has 1 aromatic heterocycles. The summed E-state index contributed by atoms with van der Waals surface area (Å²) in [6, 6.07) is 0. The summed E-state index contributed by atoms with van der Waals surface area (Å²) in [5.41, 5.74) is 2.45. The van der Waals surface area contributed by atoms with E-state index in [1.807, 2.05) is 0 Å². The number of amides is 1. The van der Waals surface area contributed by atoms with Gasteiger partial charge in [0.1, 0.15) is 16.6 Å². The molecule has 3 heterocycles. The van der Waals surface area contributed by atoms with Crippen molar-refractivity contribution in [1.82, 2.24) is 15.1 Å². The highest BCUT2D eigenvalue weighted by molar-refractivity contribution is 8.01. The van der Waals surface area contributed by atoms with Gasteiger partial charge >= 0.3 is 5.97 Å². The molecule has 0 aromatic carbocycles. The molecule has 0 radical (unpaired) electrons. The Balaban J connectivity index is 1.81. The number of hydrogen-bond donors (Lipinski definition) is 1. The van der Waals surface area contributed by atoms with Crippen LogP contribution >= 0.6 is 34.9 Å². The van der Waals surface area contributed by atoms with Crippen molar-refractivity contribution in [3.63, 3.8) is 0 Å². The Morgan fingerprint density at radius 2 is 2.48 bits per heavy atom. The summed E-state index contributed by atoms with van der Waals surface area (Å²) in [4.78, 5) is 24.8. The molecule has 0 spiro atoms. The molecule has 0 aliphatic carbocycles. The minimum absolute atomic E-state index is 0.0917. The van der Waals surface area contributed by atoms with Gasteiger partial charge in [-0.05, 0) is 5.57 Å². The van der Waals surface area contributed by atoms with Gasteiger partial charge in [0.25, 0.3) is 5.91 Å². The van der Waals surface area contributed by atoms with Crippen LogP contribution in [0.15, 0.2) is 21.1 Å². The first-order valence-corrected chi connectivity index (χ1v) is 8.86. The van der Waals surface area contributed by atoms with Crippen LogP contribution in [0.1, 0.15) is 0 Å². The molecule has 0 saturated carbocycles. The third-order valence-corrected chi connectivity index (χ3v) is 6.43. The number of aromatic nitrogens is 2. The molecule has 112 valence electrons. The molecule has 21 heavy (non-hydrogen) atoms. The Kier molecular flexibility index (Phi) is 4.20. The topological polar surface area (TPSA) is 92.6 Å². The molecule has 2 aliphatic rings. The van der Waals surface area contributed by atoms with E-state index in [0.717, 1.165) is 9.91 Å². The summed E-state index contributed by atoms with van der Waals surface area (Å²) in [7, 11) is 1.46. The lowest BCUT2D eigenvalue weighted by atomic mass is 10.1. The number of ether oxygens (including phenoxy) is 1. The molecule has 0 bridgehead atoms. The number of aliphatic carboxylic acids is 1. The summed E-state index contributed by atoms with van der Waals surface area (Å²) < 4.78 is 5.88. The number of fused-ring (bicyclic) bond motifs is 1. The smallest absolute Gasteiger partial charge is 0.352 e. The van der Waals surface area contributed by atoms with E-state index in [1.165, 1.54) is 46.9 Å². The highest BCUT2D eigenvalue weighted by Gasteiger charge is 2.53. The van der Waals surface area contributed by atoms with Gasteiger partial charge in [-0.25, -0.2) is 4.79 Å². The molecule has 7 nitrogen and oxygen atoms in total. The van der Waals surface area contributed by atoms with E-state index in [4.69, 9.17) is 4.74 Å². The van der Waals surface area contributed by atoms with Crippen LogP contribution in [0.25, 0.3) is 0 Å². The normalized spacial score (nSPS) is 24.8. The standard InChI is InChI=1S/C11H11N3O4S3/c1-18-7-8(15)14-6(10(16)17)5(2-19-9(7)14)3-20-11-13-12-4-21-11/h4,7,9H,2-3H2,1H3,(H,16,17)/t7-,9+/m0/s1. The van der Waals surface area contributed by atoms with Gasteiger partial charge in [-0.3, -0.25) is 9.69 Å². The summed E-state index contributed by atoms with van der Waals surface area (Å²) in [5.74, 6) is -0.304. The number of carboxylic acids is 1. The second-order valence-electron chi connectivity index (χ2n) is 4.32. The highest BCUT2D eigenvalue weighted by atomic mass is 32.2. The molecule has 2 aliphatic heterocycles.